The smallest absolute Gasteiger partial charge is 0.462 e. The summed E-state index contributed by atoms with van der Waals surface area (Å²) in [6.45, 7) is 3.70. The van der Waals surface area contributed by atoms with Crippen LogP contribution in [0.4, 0.5) is 0 Å². The van der Waals surface area contributed by atoms with Gasteiger partial charge in [0.25, 0.3) is 0 Å². The van der Waals surface area contributed by atoms with E-state index < -0.39 is 32.5 Å². The highest BCUT2D eigenvalue weighted by molar-refractivity contribution is 7.46. The molecule has 0 saturated heterocycles. The number of unbranched alkanes of at least 4 members (excludes halogenated alkanes) is 31. The summed E-state index contributed by atoms with van der Waals surface area (Å²) in [7, 11) is -4.75. The molecule has 9 heteroatoms. The molecule has 0 rings (SSSR count). The van der Waals surface area contributed by atoms with Crippen molar-refractivity contribution in [2.24, 2.45) is 0 Å². The average molecular weight is 787 g/mol. The monoisotopic (exact) mass is 787 g/mol. The summed E-state index contributed by atoms with van der Waals surface area (Å²) < 4.78 is 26.4. The number of carbonyl (C=O) groups is 2. The second-order valence-electron chi connectivity index (χ2n) is 15.7. The SMILES string of the molecule is CCCCCCCCCCC/C=C/CCCCC(=O)OC[C@H](COP(=O)(O)O)OC(=O)CCCCCCCCCCCCCCCCCCCCCCC. The Balaban J connectivity index is 3.83. The predicted octanol–water partition coefficient (Wildman–Crippen LogP) is 14.2. The van der Waals surface area contributed by atoms with Crippen LogP contribution in [-0.2, 0) is 28.2 Å². The zero-order chi connectivity index (χ0) is 39.6. The fourth-order valence-electron chi connectivity index (χ4n) is 6.84. The Morgan fingerprint density at radius 1 is 0.463 bits per heavy atom. The van der Waals surface area contributed by atoms with E-state index in [1.54, 1.807) is 0 Å². The third-order valence-corrected chi connectivity index (χ3v) is 10.8. The van der Waals surface area contributed by atoms with Gasteiger partial charge in [0.2, 0.25) is 0 Å². The van der Waals surface area contributed by atoms with Crippen molar-refractivity contribution in [2.75, 3.05) is 13.2 Å². The Kier molecular flexibility index (Phi) is 40.5. The van der Waals surface area contributed by atoms with Crippen molar-refractivity contribution in [1.82, 2.24) is 0 Å². The first-order valence-corrected chi connectivity index (χ1v) is 24.5. The Morgan fingerprint density at radius 2 is 0.778 bits per heavy atom. The fraction of sp³-hybridized carbons (Fsp3) is 0.911. The van der Waals surface area contributed by atoms with Crippen LogP contribution in [-0.4, -0.2) is 41.0 Å². The molecule has 0 aliphatic carbocycles. The van der Waals surface area contributed by atoms with Gasteiger partial charge in [0.05, 0.1) is 6.61 Å². The van der Waals surface area contributed by atoms with E-state index in [2.05, 4.69) is 30.5 Å². The molecule has 0 aliphatic heterocycles. The Labute approximate surface area is 333 Å². The number of phosphoric acid groups is 1. The maximum atomic E-state index is 12.4. The molecule has 1 atom stereocenters. The van der Waals surface area contributed by atoms with E-state index >= 15 is 0 Å². The summed E-state index contributed by atoms with van der Waals surface area (Å²) in [6.07, 6.45) is 46.6. The average Bonchev–Trinajstić information content (AvgIpc) is 3.14. The number of rotatable bonds is 43. The topological polar surface area (TPSA) is 119 Å². The molecule has 0 bridgehead atoms. The lowest BCUT2D eigenvalue weighted by molar-refractivity contribution is -0.161. The molecular weight excluding hydrogens is 699 g/mol. The van der Waals surface area contributed by atoms with Crippen LogP contribution in [0.5, 0.6) is 0 Å². The van der Waals surface area contributed by atoms with Crippen molar-refractivity contribution in [1.29, 1.82) is 0 Å². The molecule has 0 saturated carbocycles. The van der Waals surface area contributed by atoms with Crippen molar-refractivity contribution in [3.05, 3.63) is 12.2 Å². The first-order valence-electron chi connectivity index (χ1n) is 23.0. The standard InChI is InChI=1S/C45H87O8P/c1-3-5-7-9-11-13-15-17-19-20-21-22-23-24-26-28-30-32-34-36-38-40-45(47)53-43(42-52-54(48,49)50)41-51-44(46)39-37-35-33-31-29-27-25-18-16-14-12-10-8-6-4-2/h29,31,43H,3-28,30,32-42H2,1-2H3,(H2,48,49,50)/b31-29+/t43-/m1/s1. The number of allylic oxidation sites excluding steroid dienone is 2. The lowest BCUT2D eigenvalue weighted by atomic mass is 10.0. The lowest BCUT2D eigenvalue weighted by Crippen LogP contribution is -2.29. The highest BCUT2D eigenvalue weighted by Crippen LogP contribution is 2.36. The van der Waals surface area contributed by atoms with Gasteiger partial charge >= 0.3 is 19.8 Å². The third-order valence-electron chi connectivity index (χ3n) is 10.3. The van der Waals surface area contributed by atoms with Crippen LogP contribution in [0, 0.1) is 0 Å². The molecule has 0 heterocycles. The van der Waals surface area contributed by atoms with E-state index in [9.17, 15) is 14.2 Å². The van der Waals surface area contributed by atoms with Crippen LogP contribution in [0.2, 0.25) is 0 Å². The van der Waals surface area contributed by atoms with Crippen molar-refractivity contribution in [3.8, 4) is 0 Å². The largest absolute Gasteiger partial charge is 0.469 e. The molecule has 0 spiro atoms. The van der Waals surface area contributed by atoms with Gasteiger partial charge in [0.1, 0.15) is 6.61 Å². The minimum atomic E-state index is -4.75. The van der Waals surface area contributed by atoms with E-state index in [1.807, 2.05) is 0 Å². The molecule has 0 aromatic carbocycles. The number of ether oxygens (including phenoxy) is 2. The molecule has 0 aliphatic rings. The van der Waals surface area contributed by atoms with Gasteiger partial charge in [0.15, 0.2) is 6.10 Å². The van der Waals surface area contributed by atoms with Gasteiger partial charge in [-0.15, -0.1) is 0 Å². The summed E-state index contributed by atoms with van der Waals surface area (Å²) in [5, 5.41) is 0. The van der Waals surface area contributed by atoms with E-state index in [0.717, 1.165) is 38.5 Å². The highest BCUT2D eigenvalue weighted by Gasteiger charge is 2.22. The van der Waals surface area contributed by atoms with Crippen LogP contribution in [0.3, 0.4) is 0 Å². The molecular formula is C45H87O8P. The quantitative estimate of drug-likeness (QED) is 0.0271. The fourth-order valence-corrected chi connectivity index (χ4v) is 7.20. The van der Waals surface area contributed by atoms with Crippen LogP contribution >= 0.6 is 7.82 Å². The maximum absolute atomic E-state index is 12.4. The summed E-state index contributed by atoms with van der Waals surface area (Å²) in [5.74, 6) is -0.896. The van der Waals surface area contributed by atoms with Crippen molar-refractivity contribution >= 4 is 19.8 Å². The molecule has 8 nitrogen and oxygen atoms in total. The lowest BCUT2D eigenvalue weighted by Gasteiger charge is -2.18. The van der Waals surface area contributed by atoms with Gasteiger partial charge in [-0.2, -0.15) is 0 Å². The normalized spacial score (nSPS) is 12.4. The molecule has 0 amide bonds. The summed E-state index contributed by atoms with van der Waals surface area (Å²) in [4.78, 5) is 42.9. The third kappa shape index (κ3) is 43.5. The minimum absolute atomic E-state index is 0.214. The number of carbonyl (C=O) groups excluding carboxylic acids is 2. The van der Waals surface area contributed by atoms with Crippen molar-refractivity contribution in [2.45, 2.75) is 251 Å². The Morgan fingerprint density at radius 3 is 1.17 bits per heavy atom. The van der Waals surface area contributed by atoms with Gasteiger partial charge in [-0.25, -0.2) is 4.57 Å². The number of hydrogen-bond donors (Lipinski definition) is 2. The van der Waals surface area contributed by atoms with Gasteiger partial charge in [-0.3, -0.25) is 14.1 Å². The molecule has 0 radical (unpaired) electrons. The molecule has 54 heavy (non-hydrogen) atoms. The van der Waals surface area contributed by atoms with E-state index in [0.29, 0.717) is 12.8 Å². The van der Waals surface area contributed by atoms with Crippen molar-refractivity contribution in [3.63, 3.8) is 0 Å². The first-order chi connectivity index (χ1) is 26.3. The summed E-state index contributed by atoms with van der Waals surface area (Å²) in [6, 6.07) is 0. The second kappa shape index (κ2) is 41.4. The number of phosphoric ester groups is 1. The van der Waals surface area contributed by atoms with Crippen LogP contribution in [0.15, 0.2) is 12.2 Å². The zero-order valence-corrected chi connectivity index (χ0v) is 36.3. The highest BCUT2D eigenvalue weighted by atomic mass is 31.2. The Hall–Kier alpha value is -1.21. The van der Waals surface area contributed by atoms with Gasteiger partial charge in [-0.05, 0) is 38.5 Å². The first kappa shape index (κ1) is 52.8. The van der Waals surface area contributed by atoms with Crippen molar-refractivity contribution < 1.29 is 37.9 Å². The van der Waals surface area contributed by atoms with Crippen LogP contribution in [0.1, 0.15) is 245 Å². The minimum Gasteiger partial charge on any atom is -0.462 e. The van der Waals surface area contributed by atoms with Gasteiger partial charge in [0, 0.05) is 12.8 Å². The second-order valence-corrected chi connectivity index (χ2v) is 17.0. The molecule has 0 aromatic rings. The summed E-state index contributed by atoms with van der Waals surface area (Å²) >= 11 is 0. The molecule has 0 fully saturated rings. The van der Waals surface area contributed by atoms with Crippen LogP contribution < -0.4 is 0 Å². The van der Waals surface area contributed by atoms with Gasteiger partial charge in [-0.1, -0.05) is 206 Å². The molecule has 320 valence electrons. The molecule has 2 N–H and O–H groups in total. The zero-order valence-electron chi connectivity index (χ0n) is 35.4. The Bertz CT molecular complexity index is 889. The molecule has 0 aromatic heterocycles. The predicted molar refractivity (Wildman–Crippen MR) is 226 cm³/mol. The number of esters is 2. The van der Waals surface area contributed by atoms with E-state index in [-0.39, 0.29) is 19.4 Å². The van der Waals surface area contributed by atoms with Gasteiger partial charge < -0.3 is 19.3 Å². The number of hydrogen-bond acceptors (Lipinski definition) is 6. The molecule has 0 unspecified atom stereocenters. The maximum Gasteiger partial charge on any atom is 0.469 e. The summed E-state index contributed by atoms with van der Waals surface area (Å²) in [5.41, 5.74) is 0. The van der Waals surface area contributed by atoms with E-state index in [4.69, 9.17) is 19.3 Å². The van der Waals surface area contributed by atoms with Crippen LogP contribution in [0.25, 0.3) is 0 Å². The van der Waals surface area contributed by atoms with E-state index in [1.165, 1.54) is 167 Å².